The van der Waals surface area contributed by atoms with Crippen molar-refractivity contribution in [1.29, 1.82) is 5.26 Å². The molecule has 2 heterocycles. The van der Waals surface area contributed by atoms with Crippen LogP contribution in [-0.2, 0) is 29.5 Å². The second-order valence-electron chi connectivity index (χ2n) is 7.26. The molecule has 1 aliphatic heterocycles. The van der Waals surface area contributed by atoms with Gasteiger partial charge in [0.25, 0.3) is 0 Å². The number of hydrogen-bond donors (Lipinski definition) is 1. The van der Waals surface area contributed by atoms with Gasteiger partial charge in [0, 0.05) is 25.6 Å². The van der Waals surface area contributed by atoms with Gasteiger partial charge >= 0.3 is 5.69 Å². The lowest BCUT2D eigenvalue weighted by molar-refractivity contribution is 0.479. The summed E-state index contributed by atoms with van der Waals surface area (Å²) in [5.41, 5.74) is 0.206. The summed E-state index contributed by atoms with van der Waals surface area (Å²) in [5.74, 6) is 1.30. The van der Waals surface area contributed by atoms with Crippen LogP contribution in [-0.4, -0.2) is 28.8 Å². The van der Waals surface area contributed by atoms with E-state index < -0.39 is 10.0 Å². The summed E-state index contributed by atoms with van der Waals surface area (Å²) in [6.45, 7) is 1.13. The van der Waals surface area contributed by atoms with Gasteiger partial charge in [-0.2, -0.15) is 10.4 Å². The average molecular weight is 387 g/mol. The first-order chi connectivity index (χ1) is 13.0. The fraction of sp³-hybridized carbons (Fsp3) is 0.500. The molecule has 1 aliphatic carbocycles. The van der Waals surface area contributed by atoms with Gasteiger partial charge in [0.05, 0.1) is 16.5 Å². The van der Waals surface area contributed by atoms with Gasteiger partial charge in [0.2, 0.25) is 10.0 Å². The van der Waals surface area contributed by atoms with Crippen LogP contribution in [0, 0.1) is 17.2 Å². The van der Waals surface area contributed by atoms with Crippen molar-refractivity contribution < 1.29 is 8.42 Å². The Kier molecular flexibility index (Phi) is 4.61. The van der Waals surface area contributed by atoms with Crippen molar-refractivity contribution in [3.63, 3.8) is 0 Å². The summed E-state index contributed by atoms with van der Waals surface area (Å²) in [7, 11) is -3.72. The molecule has 1 unspecified atom stereocenters. The van der Waals surface area contributed by atoms with Gasteiger partial charge in [-0.25, -0.2) is 22.6 Å². The Balaban J connectivity index is 1.47. The molecule has 2 aromatic rings. The second-order valence-corrected chi connectivity index (χ2v) is 8.98. The van der Waals surface area contributed by atoms with Crippen LogP contribution in [0.1, 0.15) is 37.1 Å². The molecule has 0 bridgehead atoms. The highest BCUT2D eigenvalue weighted by molar-refractivity contribution is 7.89. The smallest absolute Gasteiger partial charge is 0.279 e. The van der Waals surface area contributed by atoms with Crippen LogP contribution in [0.2, 0.25) is 0 Å². The van der Waals surface area contributed by atoms with E-state index in [1.54, 1.807) is 21.4 Å². The van der Waals surface area contributed by atoms with Crippen LogP contribution in [0.5, 0.6) is 0 Å². The Morgan fingerprint density at radius 2 is 2.07 bits per heavy atom. The first-order valence-corrected chi connectivity index (χ1v) is 10.6. The molecule has 27 heavy (non-hydrogen) atoms. The number of sulfonamides is 1. The number of benzene rings is 1. The molecule has 0 spiro atoms. The van der Waals surface area contributed by atoms with E-state index in [9.17, 15) is 13.2 Å². The molecule has 0 radical (unpaired) electrons. The third-order valence-corrected chi connectivity index (χ3v) is 6.66. The maximum Gasteiger partial charge on any atom is 0.345 e. The minimum Gasteiger partial charge on any atom is -0.279 e. The van der Waals surface area contributed by atoms with Gasteiger partial charge in [-0.3, -0.25) is 4.57 Å². The van der Waals surface area contributed by atoms with Gasteiger partial charge in [-0.15, -0.1) is 0 Å². The molecule has 4 rings (SSSR count). The van der Waals surface area contributed by atoms with Crippen LogP contribution in [0.15, 0.2) is 34.0 Å². The summed E-state index contributed by atoms with van der Waals surface area (Å²) >= 11 is 0. The molecule has 1 fully saturated rings. The van der Waals surface area contributed by atoms with Crippen LogP contribution in [0.25, 0.3) is 0 Å². The molecule has 1 atom stereocenters. The van der Waals surface area contributed by atoms with Crippen molar-refractivity contribution in [3.8, 4) is 6.07 Å². The van der Waals surface area contributed by atoms with Crippen molar-refractivity contribution in [3.05, 3.63) is 46.1 Å². The molecule has 142 valence electrons. The molecule has 1 aromatic carbocycles. The van der Waals surface area contributed by atoms with E-state index in [2.05, 4.69) is 9.82 Å². The zero-order chi connectivity index (χ0) is 19.0. The first kappa shape index (κ1) is 17.9. The number of fused-ring (bicyclic) bond motifs is 1. The third-order valence-electron chi connectivity index (χ3n) is 5.14. The maximum absolute atomic E-state index is 12.6. The van der Waals surface area contributed by atoms with Gasteiger partial charge in [0.15, 0.2) is 0 Å². The Labute approximate surface area is 157 Å². The molecule has 0 amide bonds. The van der Waals surface area contributed by atoms with Crippen LogP contribution in [0.3, 0.4) is 0 Å². The maximum atomic E-state index is 12.6. The predicted octanol–water partition coefficient (Wildman–Crippen LogP) is 1.01. The molecule has 1 N–H and O–H groups in total. The molecule has 1 saturated carbocycles. The topological polar surface area (TPSA) is 110 Å². The lowest BCUT2D eigenvalue weighted by Gasteiger charge is -2.16. The zero-order valence-electron chi connectivity index (χ0n) is 14.8. The lowest BCUT2D eigenvalue weighted by atomic mass is 10.1. The Morgan fingerprint density at radius 1 is 1.26 bits per heavy atom. The van der Waals surface area contributed by atoms with E-state index in [0.717, 1.165) is 18.7 Å². The number of nitrogens with one attached hydrogen (secondary N) is 1. The molecule has 2 aliphatic rings. The van der Waals surface area contributed by atoms with E-state index in [0.29, 0.717) is 43.8 Å². The molecule has 0 saturated heterocycles. The summed E-state index contributed by atoms with van der Waals surface area (Å²) in [5, 5.41) is 13.4. The van der Waals surface area contributed by atoms with E-state index in [1.165, 1.54) is 12.1 Å². The zero-order valence-corrected chi connectivity index (χ0v) is 15.7. The fourth-order valence-corrected chi connectivity index (χ4v) is 4.78. The number of rotatable bonds is 5. The Morgan fingerprint density at radius 3 is 2.81 bits per heavy atom. The highest BCUT2D eigenvalue weighted by Crippen LogP contribution is 2.30. The quantitative estimate of drug-likeness (QED) is 0.823. The first-order valence-electron chi connectivity index (χ1n) is 9.15. The van der Waals surface area contributed by atoms with E-state index in [-0.39, 0.29) is 16.6 Å². The molecule has 8 nitrogen and oxygen atoms in total. The number of nitriles is 1. The number of hydrogen-bond acceptors (Lipinski definition) is 5. The van der Waals surface area contributed by atoms with E-state index in [1.807, 2.05) is 6.07 Å². The van der Waals surface area contributed by atoms with Crippen molar-refractivity contribution in [2.45, 2.75) is 56.1 Å². The minimum absolute atomic E-state index is 0.0790. The highest BCUT2D eigenvalue weighted by Gasteiger charge is 2.27. The van der Waals surface area contributed by atoms with E-state index in [4.69, 9.17) is 5.26 Å². The van der Waals surface area contributed by atoms with Crippen molar-refractivity contribution >= 4 is 10.0 Å². The summed E-state index contributed by atoms with van der Waals surface area (Å²) in [6.07, 6.45) is 3.98. The molecule has 1 aromatic heterocycles. The van der Waals surface area contributed by atoms with Crippen molar-refractivity contribution in [1.82, 2.24) is 19.1 Å². The number of aryl methyl sites for hydroxylation is 1. The second kappa shape index (κ2) is 6.94. The van der Waals surface area contributed by atoms with Gasteiger partial charge in [-0.1, -0.05) is 6.07 Å². The highest BCUT2D eigenvalue weighted by atomic mass is 32.2. The van der Waals surface area contributed by atoms with Crippen molar-refractivity contribution in [2.75, 3.05) is 0 Å². The standard InChI is InChI=1S/C18H21N5O3S/c19-11-14-2-1-3-16(10-14)27(25,26)21-15-6-7-17-20-23(12-13-4-5-13)18(24)22(17)9-8-15/h1-3,10,13,15,21H,4-9,12H2. The number of nitrogens with zero attached hydrogens (tertiary/aromatic N) is 4. The van der Waals surface area contributed by atoms with Crippen molar-refractivity contribution in [2.24, 2.45) is 5.92 Å². The lowest BCUT2D eigenvalue weighted by Crippen LogP contribution is -2.36. The SMILES string of the molecule is N#Cc1cccc(S(=O)(=O)NC2CCc3nn(CC4CC4)c(=O)n3CC2)c1. The number of aromatic nitrogens is 3. The summed E-state index contributed by atoms with van der Waals surface area (Å²) < 4.78 is 31.2. The third kappa shape index (κ3) is 3.82. The Hall–Kier alpha value is -2.44. The monoisotopic (exact) mass is 387 g/mol. The average Bonchev–Trinajstić information content (AvgIpc) is 3.45. The summed E-state index contributed by atoms with van der Waals surface area (Å²) in [6, 6.07) is 7.63. The normalized spacial score (nSPS) is 19.9. The van der Waals surface area contributed by atoms with Gasteiger partial charge < -0.3 is 0 Å². The van der Waals surface area contributed by atoms with Gasteiger partial charge in [0.1, 0.15) is 5.82 Å². The van der Waals surface area contributed by atoms with Crippen LogP contribution in [0.4, 0.5) is 0 Å². The largest absolute Gasteiger partial charge is 0.345 e. The molecular formula is C18H21N5O3S. The minimum atomic E-state index is -3.72. The van der Waals surface area contributed by atoms with Crippen LogP contribution >= 0.6 is 0 Å². The van der Waals surface area contributed by atoms with Crippen LogP contribution < -0.4 is 10.4 Å². The van der Waals surface area contributed by atoms with E-state index >= 15 is 0 Å². The Bertz CT molecular complexity index is 1060. The fourth-order valence-electron chi connectivity index (χ4n) is 3.43. The molecule has 9 heteroatoms. The molecular weight excluding hydrogens is 366 g/mol. The summed E-state index contributed by atoms with van der Waals surface area (Å²) in [4.78, 5) is 12.6. The predicted molar refractivity (Wildman–Crippen MR) is 97.4 cm³/mol. The van der Waals surface area contributed by atoms with Gasteiger partial charge in [-0.05, 0) is 49.8 Å².